The van der Waals surface area contributed by atoms with Gasteiger partial charge >= 0.3 is 0 Å². The fourth-order valence-electron chi connectivity index (χ4n) is 1.99. The zero-order valence-electron chi connectivity index (χ0n) is 12.9. The molecular weight excluding hydrogens is 299 g/mol. The molecule has 0 atom stereocenters. The van der Waals surface area contributed by atoms with Crippen LogP contribution in [-0.4, -0.2) is 24.0 Å². The van der Waals surface area contributed by atoms with Crippen LogP contribution in [0.25, 0.3) is 0 Å². The van der Waals surface area contributed by atoms with Crippen molar-refractivity contribution in [3.63, 3.8) is 0 Å². The molecule has 1 aromatic carbocycles. The highest BCUT2D eigenvalue weighted by Gasteiger charge is 2.03. The van der Waals surface area contributed by atoms with Crippen molar-refractivity contribution in [2.45, 2.75) is 26.8 Å². The lowest BCUT2D eigenvalue weighted by atomic mass is 10.1. The fourth-order valence-corrected chi connectivity index (χ4v) is 2.69. The first kappa shape index (κ1) is 16.4. The molecule has 0 radical (unpaired) electrons. The summed E-state index contributed by atoms with van der Waals surface area (Å²) in [5, 5.41) is 6.43. The maximum absolute atomic E-state index is 13.6. The van der Waals surface area contributed by atoms with E-state index >= 15 is 0 Å². The predicted octanol–water partition coefficient (Wildman–Crippen LogP) is 2.89. The maximum atomic E-state index is 13.6. The Kier molecular flexibility index (Phi) is 6.33. The van der Waals surface area contributed by atoms with E-state index < -0.39 is 0 Å². The second-order valence-electron chi connectivity index (χ2n) is 4.82. The zero-order chi connectivity index (χ0) is 15.8. The van der Waals surface area contributed by atoms with Gasteiger partial charge in [-0.1, -0.05) is 18.2 Å². The van der Waals surface area contributed by atoms with Gasteiger partial charge in [0.15, 0.2) is 5.96 Å². The Morgan fingerprint density at radius 1 is 1.32 bits per heavy atom. The summed E-state index contributed by atoms with van der Waals surface area (Å²) in [6.07, 6.45) is 0.622. The number of nitrogens with zero attached hydrogens (tertiary/aromatic N) is 2. The van der Waals surface area contributed by atoms with Crippen LogP contribution in [0.5, 0.6) is 0 Å². The van der Waals surface area contributed by atoms with Crippen molar-refractivity contribution in [1.29, 1.82) is 0 Å². The molecule has 1 heterocycles. The van der Waals surface area contributed by atoms with Crippen LogP contribution in [0.3, 0.4) is 0 Å². The van der Waals surface area contributed by atoms with Gasteiger partial charge in [0.1, 0.15) is 5.82 Å². The summed E-state index contributed by atoms with van der Waals surface area (Å²) >= 11 is 1.61. The number of aromatic nitrogens is 1. The molecule has 0 saturated heterocycles. The van der Waals surface area contributed by atoms with E-state index in [0.717, 1.165) is 23.1 Å². The third kappa shape index (κ3) is 4.80. The minimum atomic E-state index is -0.161. The standard InChI is InChI=1S/C16H21FN4S/c1-3-18-16(20-10-15-12(2)21-11-22-15)19-9-8-13-6-4-5-7-14(13)17/h4-7,11H,3,8-10H2,1-2H3,(H2,18,19,20). The molecule has 118 valence electrons. The van der Waals surface area contributed by atoms with Crippen molar-refractivity contribution in [2.75, 3.05) is 13.1 Å². The molecule has 2 aromatic rings. The molecule has 4 nitrogen and oxygen atoms in total. The second-order valence-corrected chi connectivity index (χ2v) is 5.76. The third-order valence-corrected chi connectivity index (χ3v) is 4.13. The van der Waals surface area contributed by atoms with Gasteiger partial charge in [0.2, 0.25) is 0 Å². The van der Waals surface area contributed by atoms with Crippen LogP contribution >= 0.6 is 11.3 Å². The van der Waals surface area contributed by atoms with E-state index in [1.54, 1.807) is 17.4 Å². The van der Waals surface area contributed by atoms with Crippen molar-refractivity contribution in [3.8, 4) is 0 Å². The smallest absolute Gasteiger partial charge is 0.191 e. The summed E-state index contributed by atoms with van der Waals surface area (Å²) in [5.41, 5.74) is 3.57. The largest absolute Gasteiger partial charge is 0.357 e. The number of halogens is 1. The average Bonchev–Trinajstić information content (AvgIpc) is 2.92. The Morgan fingerprint density at radius 3 is 2.82 bits per heavy atom. The Bertz CT molecular complexity index is 624. The van der Waals surface area contributed by atoms with Gasteiger partial charge in [-0.25, -0.2) is 14.4 Å². The van der Waals surface area contributed by atoms with Crippen LogP contribution in [-0.2, 0) is 13.0 Å². The van der Waals surface area contributed by atoms with Crippen LogP contribution in [0, 0.1) is 12.7 Å². The molecule has 0 unspecified atom stereocenters. The first-order valence-corrected chi connectivity index (χ1v) is 8.23. The number of aryl methyl sites for hydroxylation is 1. The van der Waals surface area contributed by atoms with Crippen LogP contribution < -0.4 is 10.6 Å². The van der Waals surface area contributed by atoms with Gasteiger partial charge in [0.25, 0.3) is 0 Å². The van der Waals surface area contributed by atoms with Gasteiger partial charge in [0.05, 0.1) is 17.7 Å². The molecular formula is C16H21FN4S. The van der Waals surface area contributed by atoms with Gasteiger partial charge in [-0.3, -0.25) is 0 Å². The molecule has 6 heteroatoms. The number of aliphatic imine (C=N–C) groups is 1. The monoisotopic (exact) mass is 320 g/mol. The molecule has 22 heavy (non-hydrogen) atoms. The Labute approximate surface area is 134 Å². The number of rotatable bonds is 6. The zero-order valence-corrected chi connectivity index (χ0v) is 13.7. The average molecular weight is 320 g/mol. The van der Waals surface area contributed by atoms with Crippen molar-refractivity contribution in [3.05, 3.63) is 51.7 Å². The molecule has 0 bridgehead atoms. The van der Waals surface area contributed by atoms with E-state index in [4.69, 9.17) is 0 Å². The second kappa shape index (κ2) is 8.48. The molecule has 0 fully saturated rings. The predicted molar refractivity (Wildman–Crippen MR) is 89.8 cm³/mol. The molecule has 1 aromatic heterocycles. The first-order chi connectivity index (χ1) is 10.7. The number of hydrogen-bond donors (Lipinski definition) is 2. The molecule has 0 aliphatic heterocycles. The summed E-state index contributed by atoms with van der Waals surface area (Å²) in [5.74, 6) is 0.582. The summed E-state index contributed by atoms with van der Waals surface area (Å²) in [6.45, 7) is 6.03. The van der Waals surface area contributed by atoms with Gasteiger partial charge in [-0.05, 0) is 31.9 Å². The van der Waals surface area contributed by atoms with E-state index in [1.807, 2.05) is 31.5 Å². The van der Waals surface area contributed by atoms with Crippen molar-refractivity contribution < 1.29 is 4.39 Å². The summed E-state index contributed by atoms with van der Waals surface area (Å²) in [7, 11) is 0. The highest BCUT2D eigenvalue weighted by molar-refractivity contribution is 7.09. The summed E-state index contributed by atoms with van der Waals surface area (Å²) < 4.78 is 13.6. The van der Waals surface area contributed by atoms with E-state index in [2.05, 4.69) is 20.6 Å². The van der Waals surface area contributed by atoms with Gasteiger partial charge < -0.3 is 10.6 Å². The molecule has 0 aliphatic rings. The quantitative estimate of drug-likeness (QED) is 0.635. The van der Waals surface area contributed by atoms with Gasteiger partial charge in [-0.15, -0.1) is 11.3 Å². The lowest BCUT2D eigenvalue weighted by Gasteiger charge is -2.11. The Morgan fingerprint density at radius 2 is 2.14 bits per heavy atom. The van der Waals surface area contributed by atoms with E-state index in [9.17, 15) is 4.39 Å². The molecule has 0 saturated carbocycles. The molecule has 0 spiro atoms. The van der Waals surface area contributed by atoms with E-state index in [1.165, 1.54) is 6.07 Å². The fraction of sp³-hybridized carbons (Fsp3) is 0.375. The highest BCUT2D eigenvalue weighted by atomic mass is 32.1. The van der Waals surface area contributed by atoms with Crippen molar-refractivity contribution in [2.24, 2.45) is 4.99 Å². The first-order valence-electron chi connectivity index (χ1n) is 7.35. The Balaban J connectivity index is 1.89. The SMILES string of the molecule is CCNC(=NCc1scnc1C)NCCc1ccccc1F. The van der Waals surface area contributed by atoms with Crippen LogP contribution in [0.15, 0.2) is 34.8 Å². The van der Waals surface area contributed by atoms with Gasteiger partial charge in [0, 0.05) is 18.0 Å². The van der Waals surface area contributed by atoms with Crippen molar-refractivity contribution >= 4 is 17.3 Å². The van der Waals surface area contributed by atoms with Crippen LogP contribution in [0.1, 0.15) is 23.1 Å². The topological polar surface area (TPSA) is 49.3 Å². The molecule has 2 rings (SSSR count). The van der Waals surface area contributed by atoms with E-state index in [-0.39, 0.29) is 5.82 Å². The lowest BCUT2D eigenvalue weighted by Crippen LogP contribution is -2.38. The number of guanidine groups is 1. The number of hydrogen-bond acceptors (Lipinski definition) is 3. The molecule has 0 aliphatic carbocycles. The number of thiazole rings is 1. The number of nitrogens with one attached hydrogen (secondary N) is 2. The Hall–Kier alpha value is -1.95. The van der Waals surface area contributed by atoms with Crippen molar-refractivity contribution in [1.82, 2.24) is 15.6 Å². The van der Waals surface area contributed by atoms with E-state index in [0.29, 0.717) is 25.1 Å². The van der Waals surface area contributed by atoms with Crippen LogP contribution in [0.4, 0.5) is 4.39 Å². The molecule has 0 amide bonds. The maximum Gasteiger partial charge on any atom is 0.191 e. The summed E-state index contributed by atoms with van der Waals surface area (Å²) in [4.78, 5) is 9.92. The molecule has 2 N–H and O–H groups in total. The minimum Gasteiger partial charge on any atom is -0.357 e. The van der Waals surface area contributed by atoms with Gasteiger partial charge in [-0.2, -0.15) is 0 Å². The highest BCUT2D eigenvalue weighted by Crippen LogP contribution is 2.12. The van der Waals surface area contributed by atoms with Crippen LogP contribution in [0.2, 0.25) is 0 Å². The number of benzene rings is 1. The lowest BCUT2D eigenvalue weighted by molar-refractivity contribution is 0.606. The third-order valence-electron chi connectivity index (χ3n) is 3.21. The summed E-state index contributed by atoms with van der Waals surface area (Å²) in [6, 6.07) is 6.85. The minimum absolute atomic E-state index is 0.161. The normalized spacial score (nSPS) is 11.5.